The first-order chi connectivity index (χ1) is 20.2. The van der Waals surface area contributed by atoms with Crippen LogP contribution in [0.2, 0.25) is 0 Å². The molecule has 3 saturated heterocycles. The molecule has 42 heavy (non-hydrogen) atoms. The fourth-order valence-electron chi connectivity index (χ4n) is 6.09. The summed E-state index contributed by atoms with van der Waals surface area (Å²) in [4.78, 5) is 15.2. The summed E-state index contributed by atoms with van der Waals surface area (Å²) in [7, 11) is 0. The number of aryl methyl sites for hydroxylation is 1. The number of hydrogen-bond donors (Lipinski definition) is 1. The highest BCUT2D eigenvalue weighted by molar-refractivity contribution is 5.93. The van der Waals surface area contributed by atoms with E-state index in [1.807, 2.05) is 6.92 Å². The Hall–Kier alpha value is -2.83. The fraction of sp³-hybridized carbons (Fsp3) is 0.633. The van der Waals surface area contributed by atoms with Crippen LogP contribution in [0.25, 0.3) is 0 Å². The van der Waals surface area contributed by atoms with Crippen molar-refractivity contribution in [2.24, 2.45) is 0 Å². The van der Waals surface area contributed by atoms with Gasteiger partial charge in [0.2, 0.25) is 0 Å². The van der Waals surface area contributed by atoms with Crippen molar-refractivity contribution in [1.82, 2.24) is 20.4 Å². The Morgan fingerprint density at radius 2 is 1.88 bits per heavy atom. The van der Waals surface area contributed by atoms with E-state index in [1.54, 1.807) is 23.2 Å². The molecule has 0 radical (unpaired) electrons. The average Bonchev–Trinajstić information content (AvgIpc) is 2.98. The number of likely N-dealkylation sites (tertiary alicyclic amines) is 1. The summed E-state index contributed by atoms with van der Waals surface area (Å²) in [5.41, 5.74) is 2.93. The van der Waals surface area contributed by atoms with Crippen LogP contribution in [0.4, 0.5) is 17.6 Å². The second-order valence-corrected chi connectivity index (χ2v) is 11.4. The lowest BCUT2D eigenvalue weighted by Gasteiger charge is -2.36. The molecule has 3 aliphatic rings. The number of halogens is 4. The van der Waals surface area contributed by atoms with Gasteiger partial charge in [-0.05, 0) is 87.1 Å². The lowest BCUT2D eigenvalue weighted by Crippen LogP contribution is -2.52. The van der Waals surface area contributed by atoms with Gasteiger partial charge in [-0.15, -0.1) is 18.3 Å². The number of ether oxygens (including phenoxy) is 3. The summed E-state index contributed by atoms with van der Waals surface area (Å²) in [5, 5.41) is 11.7. The predicted octanol–water partition coefficient (Wildman–Crippen LogP) is 5.25. The van der Waals surface area contributed by atoms with Gasteiger partial charge in [0, 0.05) is 31.8 Å². The van der Waals surface area contributed by atoms with Crippen LogP contribution in [0.3, 0.4) is 0 Å². The first-order valence-corrected chi connectivity index (χ1v) is 14.8. The van der Waals surface area contributed by atoms with Crippen LogP contribution in [0.15, 0.2) is 30.5 Å². The largest absolute Gasteiger partial charge is 0.573 e. The van der Waals surface area contributed by atoms with Crippen LogP contribution in [-0.4, -0.2) is 78.0 Å². The lowest BCUT2D eigenvalue weighted by molar-refractivity contribution is -0.274. The Kier molecular flexibility index (Phi) is 9.95. The van der Waals surface area contributed by atoms with Crippen LogP contribution in [0.5, 0.6) is 5.75 Å². The van der Waals surface area contributed by atoms with Crippen LogP contribution < -0.4 is 10.1 Å². The Morgan fingerprint density at radius 1 is 1.12 bits per heavy atom. The van der Waals surface area contributed by atoms with Gasteiger partial charge >= 0.3 is 6.36 Å². The summed E-state index contributed by atoms with van der Waals surface area (Å²) >= 11 is 0. The molecule has 4 heterocycles. The molecule has 1 amide bonds. The molecule has 2 aromatic rings. The second-order valence-electron chi connectivity index (χ2n) is 11.4. The van der Waals surface area contributed by atoms with Crippen LogP contribution in [-0.2, 0) is 15.9 Å². The van der Waals surface area contributed by atoms with Crippen LogP contribution >= 0.6 is 0 Å². The number of alkyl halides is 4. The van der Waals surface area contributed by atoms with E-state index >= 15 is 0 Å². The SMILES string of the molecule is Cc1c(CC[C@H]2CCC[C@@H](c3ccc(OC(F)(F)F)cc3)O2)cnnc1C(=O)N1CCC(NC2CCOCC2F)CC1. The van der Waals surface area contributed by atoms with Crippen LogP contribution in [0.1, 0.15) is 78.2 Å². The van der Waals surface area contributed by atoms with E-state index in [4.69, 9.17) is 9.47 Å². The van der Waals surface area contributed by atoms with Gasteiger partial charge in [-0.25, -0.2) is 4.39 Å². The van der Waals surface area contributed by atoms with Crippen molar-refractivity contribution < 1.29 is 36.6 Å². The molecule has 1 aromatic heterocycles. The first-order valence-electron chi connectivity index (χ1n) is 14.8. The number of aromatic nitrogens is 2. The Bertz CT molecular complexity index is 1190. The standard InChI is InChI=1S/C30H38F4N4O4/c1-19-21(7-8-23-3-2-4-27(41-23)20-5-9-24(10-6-20)42-30(32,33)34)17-35-37-28(19)29(39)38-14-11-22(12-15-38)36-26-13-16-40-18-25(26)31/h5-6,9-10,17,22-23,25-27,36H,2-4,7-8,11-16,18H2,1H3/t23-,25?,26?,27+/m1/s1. The van der Waals surface area contributed by atoms with Gasteiger partial charge in [0.25, 0.3) is 5.91 Å². The Labute approximate surface area is 243 Å². The molecule has 1 N–H and O–H groups in total. The Morgan fingerprint density at radius 3 is 2.60 bits per heavy atom. The third-order valence-electron chi connectivity index (χ3n) is 8.50. The van der Waals surface area contributed by atoms with E-state index in [-0.39, 0.29) is 42.6 Å². The number of piperidine rings is 1. The predicted molar refractivity (Wildman–Crippen MR) is 146 cm³/mol. The molecule has 2 unspecified atom stereocenters. The van der Waals surface area contributed by atoms with Crippen molar-refractivity contribution in [1.29, 1.82) is 0 Å². The smallest absolute Gasteiger partial charge is 0.406 e. The molecule has 4 atom stereocenters. The molecule has 230 valence electrons. The van der Waals surface area contributed by atoms with Gasteiger partial charge in [0.1, 0.15) is 11.9 Å². The van der Waals surface area contributed by atoms with Crippen molar-refractivity contribution in [3.63, 3.8) is 0 Å². The minimum absolute atomic E-state index is 0.0206. The monoisotopic (exact) mass is 594 g/mol. The van der Waals surface area contributed by atoms with E-state index < -0.39 is 12.5 Å². The number of carbonyl (C=O) groups is 1. The Balaban J connectivity index is 1.12. The van der Waals surface area contributed by atoms with E-state index in [1.165, 1.54) is 12.1 Å². The van der Waals surface area contributed by atoms with E-state index in [2.05, 4.69) is 20.3 Å². The molecule has 8 nitrogen and oxygen atoms in total. The van der Waals surface area contributed by atoms with Crippen molar-refractivity contribution >= 4 is 5.91 Å². The number of nitrogens with one attached hydrogen (secondary N) is 1. The molecule has 0 saturated carbocycles. The van der Waals surface area contributed by atoms with E-state index in [0.29, 0.717) is 38.2 Å². The van der Waals surface area contributed by atoms with Gasteiger partial charge in [0.15, 0.2) is 5.69 Å². The van der Waals surface area contributed by atoms with Crippen LogP contribution in [0, 0.1) is 6.92 Å². The lowest BCUT2D eigenvalue weighted by atomic mass is 9.94. The van der Waals surface area contributed by atoms with Crippen molar-refractivity contribution in [3.05, 3.63) is 52.8 Å². The minimum atomic E-state index is -4.72. The summed E-state index contributed by atoms with van der Waals surface area (Å²) < 4.78 is 67.0. The molecule has 3 fully saturated rings. The molecule has 0 bridgehead atoms. The molecule has 1 aromatic carbocycles. The van der Waals surface area contributed by atoms with Gasteiger partial charge in [-0.2, -0.15) is 5.10 Å². The van der Waals surface area contributed by atoms with Crippen molar-refractivity contribution in [3.8, 4) is 5.75 Å². The quantitative estimate of drug-likeness (QED) is 0.418. The number of amides is 1. The summed E-state index contributed by atoms with van der Waals surface area (Å²) in [6, 6.07) is 5.82. The zero-order chi connectivity index (χ0) is 29.7. The number of rotatable bonds is 8. The number of hydrogen-bond acceptors (Lipinski definition) is 7. The molecular weight excluding hydrogens is 556 g/mol. The number of carbonyl (C=O) groups excluding carboxylic acids is 1. The van der Waals surface area contributed by atoms with Gasteiger partial charge in [-0.1, -0.05) is 12.1 Å². The maximum absolute atomic E-state index is 14.1. The van der Waals surface area contributed by atoms with Gasteiger partial charge < -0.3 is 24.4 Å². The van der Waals surface area contributed by atoms with Crippen molar-refractivity contribution in [2.75, 3.05) is 26.3 Å². The first kappa shape index (κ1) is 30.6. The average molecular weight is 595 g/mol. The number of nitrogens with zero attached hydrogens (tertiary/aromatic N) is 3. The zero-order valence-electron chi connectivity index (χ0n) is 23.7. The molecule has 3 aliphatic heterocycles. The molecule has 0 spiro atoms. The van der Waals surface area contributed by atoms with E-state index in [0.717, 1.165) is 55.2 Å². The molecule has 12 heteroatoms. The van der Waals surface area contributed by atoms with Crippen molar-refractivity contribution in [2.45, 2.75) is 95.1 Å². The highest BCUT2D eigenvalue weighted by Gasteiger charge is 2.33. The van der Waals surface area contributed by atoms with E-state index in [9.17, 15) is 22.4 Å². The second kappa shape index (κ2) is 13.6. The normalized spacial score (nSPS) is 25.8. The third kappa shape index (κ3) is 7.96. The zero-order valence-corrected chi connectivity index (χ0v) is 23.7. The minimum Gasteiger partial charge on any atom is -0.406 e. The van der Waals surface area contributed by atoms with Gasteiger partial charge in [-0.3, -0.25) is 4.79 Å². The summed E-state index contributed by atoms with van der Waals surface area (Å²) in [6.45, 7) is 3.74. The molecule has 0 aliphatic carbocycles. The summed E-state index contributed by atoms with van der Waals surface area (Å²) in [6.07, 6.45) is 1.92. The number of benzene rings is 1. The highest BCUT2D eigenvalue weighted by Crippen LogP contribution is 2.34. The third-order valence-corrected chi connectivity index (χ3v) is 8.50. The fourth-order valence-corrected chi connectivity index (χ4v) is 6.09. The summed E-state index contributed by atoms with van der Waals surface area (Å²) in [5.74, 6) is -0.391. The highest BCUT2D eigenvalue weighted by atomic mass is 19.4. The molecule has 5 rings (SSSR count). The maximum Gasteiger partial charge on any atom is 0.573 e. The topological polar surface area (TPSA) is 85.8 Å². The molecular formula is C30H38F4N4O4. The maximum atomic E-state index is 14.1. The van der Waals surface area contributed by atoms with Gasteiger partial charge in [0.05, 0.1) is 25.0 Å².